The van der Waals surface area contributed by atoms with Gasteiger partial charge in [-0.3, -0.25) is 0 Å². The van der Waals surface area contributed by atoms with Crippen LogP contribution in [0.1, 0.15) is 17.3 Å². The quantitative estimate of drug-likeness (QED) is 0.893. The lowest BCUT2D eigenvalue weighted by Crippen LogP contribution is -2.34. The number of carboxylic acid groups (broad SMARTS) is 1. The third kappa shape index (κ3) is 3.87. The van der Waals surface area contributed by atoms with Crippen LogP contribution in [0, 0.1) is 17.2 Å². The molecule has 0 heterocycles. The number of aromatic carboxylic acids is 1. The number of carbonyl (C=O) groups is 2. The largest absolute Gasteiger partial charge is 0.478 e. The van der Waals surface area contributed by atoms with Gasteiger partial charge in [0.2, 0.25) is 0 Å². The molecule has 0 bridgehead atoms. The van der Waals surface area contributed by atoms with Crippen LogP contribution in [0.3, 0.4) is 0 Å². The van der Waals surface area contributed by atoms with Crippen LogP contribution in [0.2, 0.25) is 5.02 Å². The first-order chi connectivity index (χ1) is 9.36. The van der Waals surface area contributed by atoms with Gasteiger partial charge >= 0.3 is 12.0 Å². The average Bonchev–Trinajstić information content (AvgIpc) is 2.37. The molecule has 1 unspecified atom stereocenters. The van der Waals surface area contributed by atoms with Crippen LogP contribution < -0.4 is 5.32 Å². The second kappa shape index (κ2) is 6.78. The zero-order chi connectivity index (χ0) is 15.3. The first-order valence-corrected chi connectivity index (χ1v) is 6.18. The van der Waals surface area contributed by atoms with Crippen LogP contribution in [-0.2, 0) is 0 Å². The summed E-state index contributed by atoms with van der Waals surface area (Å²) in [5.74, 6) is -1.54. The van der Waals surface area contributed by atoms with Crippen LogP contribution in [0.4, 0.5) is 10.5 Å². The van der Waals surface area contributed by atoms with Crippen LogP contribution >= 0.6 is 11.6 Å². The maximum atomic E-state index is 11.9. The molecule has 0 aliphatic carbocycles. The Bertz CT molecular complexity index is 568. The van der Waals surface area contributed by atoms with Gasteiger partial charge < -0.3 is 15.3 Å². The molecule has 1 aromatic rings. The summed E-state index contributed by atoms with van der Waals surface area (Å²) < 4.78 is 0. The molecule has 0 aliphatic heterocycles. The summed E-state index contributed by atoms with van der Waals surface area (Å²) in [4.78, 5) is 24.4. The SMILES string of the molecule is CC(C#N)CN(C)C(=O)Nc1cccc(Cl)c1C(=O)O. The van der Waals surface area contributed by atoms with Gasteiger partial charge in [0.1, 0.15) is 5.56 Å². The normalized spacial score (nSPS) is 11.3. The molecule has 1 atom stereocenters. The van der Waals surface area contributed by atoms with E-state index in [4.69, 9.17) is 22.0 Å². The van der Waals surface area contributed by atoms with Crippen molar-refractivity contribution in [1.82, 2.24) is 4.90 Å². The second-order valence-corrected chi connectivity index (χ2v) is 4.72. The number of amides is 2. The van der Waals surface area contributed by atoms with E-state index in [-0.39, 0.29) is 28.7 Å². The Morgan fingerprint density at radius 2 is 2.20 bits per heavy atom. The maximum Gasteiger partial charge on any atom is 0.339 e. The summed E-state index contributed by atoms with van der Waals surface area (Å²) in [6.45, 7) is 1.93. The van der Waals surface area contributed by atoms with E-state index in [1.165, 1.54) is 24.1 Å². The second-order valence-electron chi connectivity index (χ2n) is 4.31. The average molecular weight is 296 g/mol. The molecular weight excluding hydrogens is 282 g/mol. The predicted molar refractivity (Wildman–Crippen MR) is 74.8 cm³/mol. The summed E-state index contributed by atoms with van der Waals surface area (Å²) in [5.41, 5.74) is -0.0456. The highest BCUT2D eigenvalue weighted by Crippen LogP contribution is 2.24. The molecule has 2 N–H and O–H groups in total. The van der Waals surface area contributed by atoms with Crippen molar-refractivity contribution in [3.63, 3.8) is 0 Å². The third-order valence-electron chi connectivity index (χ3n) is 2.58. The smallest absolute Gasteiger partial charge is 0.339 e. The van der Waals surface area contributed by atoms with Crippen LogP contribution in [-0.4, -0.2) is 35.6 Å². The van der Waals surface area contributed by atoms with Gasteiger partial charge in [0.25, 0.3) is 0 Å². The van der Waals surface area contributed by atoms with Gasteiger partial charge in [0.15, 0.2) is 0 Å². The van der Waals surface area contributed by atoms with Gasteiger partial charge in [0.05, 0.1) is 22.7 Å². The molecule has 0 aromatic heterocycles. The molecule has 1 aromatic carbocycles. The van der Waals surface area contributed by atoms with E-state index in [2.05, 4.69) is 5.32 Å². The van der Waals surface area contributed by atoms with Crippen molar-refractivity contribution in [2.75, 3.05) is 18.9 Å². The van der Waals surface area contributed by atoms with Crippen LogP contribution in [0.15, 0.2) is 18.2 Å². The van der Waals surface area contributed by atoms with Crippen molar-refractivity contribution in [2.45, 2.75) is 6.92 Å². The van der Waals surface area contributed by atoms with Gasteiger partial charge in [-0.1, -0.05) is 17.7 Å². The molecule has 2 amide bonds. The van der Waals surface area contributed by atoms with Crippen molar-refractivity contribution in [1.29, 1.82) is 5.26 Å². The number of hydrogen-bond acceptors (Lipinski definition) is 3. The van der Waals surface area contributed by atoms with Crippen molar-refractivity contribution >= 4 is 29.3 Å². The minimum atomic E-state index is -1.22. The summed E-state index contributed by atoms with van der Waals surface area (Å²) in [5, 5.41) is 20.3. The highest BCUT2D eigenvalue weighted by Gasteiger charge is 2.18. The first kappa shape index (κ1) is 15.8. The Hall–Kier alpha value is -2.26. The van der Waals surface area contributed by atoms with E-state index >= 15 is 0 Å². The highest BCUT2D eigenvalue weighted by atomic mass is 35.5. The number of benzene rings is 1. The summed E-state index contributed by atoms with van der Waals surface area (Å²) in [6, 6.07) is 5.94. The van der Waals surface area contributed by atoms with Gasteiger partial charge in [-0.15, -0.1) is 0 Å². The Kier molecular flexibility index (Phi) is 5.35. The summed E-state index contributed by atoms with van der Waals surface area (Å²) in [6.07, 6.45) is 0. The number of rotatable bonds is 4. The lowest BCUT2D eigenvalue weighted by atomic mass is 10.1. The standard InChI is InChI=1S/C13H14ClN3O3/c1-8(6-15)7-17(2)13(20)16-10-5-3-4-9(14)11(10)12(18)19/h3-5,8H,7H2,1-2H3,(H,16,20)(H,18,19). The molecular formula is C13H14ClN3O3. The van der Waals surface area contributed by atoms with Gasteiger partial charge in [-0.05, 0) is 19.1 Å². The molecule has 0 radical (unpaired) electrons. The summed E-state index contributed by atoms with van der Waals surface area (Å²) in [7, 11) is 1.52. The van der Waals surface area contributed by atoms with Crippen molar-refractivity contribution < 1.29 is 14.7 Å². The lowest BCUT2D eigenvalue weighted by Gasteiger charge is -2.19. The Labute approximate surface area is 121 Å². The third-order valence-corrected chi connectivity index (χ3v) is 2.90. The number of anilines is 1. The predicted octanol–water partition coefficient (Wildman–Crippen LogP) is 2.66. The van der Waals surface area contributed by atoms with E-state index < -0.39 is 12.0 Å². The molecule has 0 saturated carbocycles. The number of urea groups is 1. The highest BCUT2D eigenvalue weighted by molar-refractivity contribution is 6.34. The number of hydrogen-bond donors (Lipinski definition) is 2. The topological polar surface area (TPSA) is 93.4 Å². The Morgan fingerprint density at radius 3 is 2.75 bits per heavy atom. The fraction of sp³-hybridized carbons (Fsp3) is 0.308. The molecule has 0 fully saturated rings. The van der Waals surface area contributed by atoms with E-state index in [0.29, 0.717) is 0 Å². The number of nitriles is 1. The zero-order valence-electron chi connectivity index (χ0n) is 11.1. The Balaban J connectivity index is 2.89. The number of nitrogens with one attached hydrogen (secondary N) is 1. The number of halogens is 1. The van der Waals surface area contributed by atoms with Crippen molar-refractivity contribution in [2.24, 2.45) is 5.92 Å². The van der Waals surface area contributed by atoms with Gasteiger partial charge in [-0.25, -0.2) is 9.59 Å². The number of carbonyl (C=O) groups excluding carboxylic acids is 1. The van der Waals surface area contributed by atoms with Crippen LogP contribution in [0.25, 0.3) is 0 Å². The van der Waals surface area contributed by atoms with E-state index in [1.807, 2.05) is 6.07 Å². The monoisotopic (exact) mass is 295 g/mol. The van der Waals surface area contributed by atoms with E-state index in [0.717, 1.165) is 0 Å². The van der Waals surface area contributed by atoms with Crippen molar-refractivity contribution in [3.8, 4) is 6.07 Å². The zero-order valence-corrected chi connectivity index (χ0v) is 11.8. The molecule has 0 aliphatic rings. The van der Waals surface area contributed by atoms with E-state index in [1.54, 1.807) is 13.0 Å². The lowest BCUT2D eigenvalue weighted by molar-refractivity contribution is 0.0698. The van der Waals surface area contributed by atoms with E-state index in [9.17, 15) is 9.59 Å². The minimum absolute atomic E-state index is 0.0448. The first-order valence-electron chi connectivity index (χ1n) is 5.80. The van der Waals surface area contributed by atoms with Gasteiger partial charge in [-0.2, -0.15) is 5.26 Å². The summed E-state index contributed by atoms with van der Waals surface area (Å²) >= 11 is 5.81. The fourth-order valence-electron chi connectivity index (χ4n) is 1.59. The molecule has 6 nitrogen and oxygen atoms in total. The van der Waals surface area contributed by atoms with Gasteiger partial charge in [0, 0.05) is 13.6 Å². The Morgan fingerprint density at radius 1 is 1.55 bits per heavy atom. The molecule has 20 heavy (non-hydrogen) atoms. The molecule has 1 rings (SSSR count). The molecule has 106 valence electrons. The maximum absolute atomic E-state index is 11.9. The molecule has 7 heteroatoms. The van der Waals surface area contributed by atoms with Crippen LogP contribution in [0.5, 0.6) is 0 Å². The molecule has 0 saturated heterocycles. The number of nitrogens with zero attached hydrogens (tertiary/aromatic N) is 2. The van der Waals surface area contributed by atoms with Crippen molar-refractivity contribution in [3.05, 3.63) is 28.8 Å². The molecule has 0 spiro atoms. The number of carboxylic acids is 1. The fourth-order valence-corrected chi connectivity index (χ4v) is 1.85. The minimum Gasteiger partial charge on any atom is -0.478 e.